The van der Waals surface area contributed by atoms with Gasteiger partial charge in [-0.15, -0.1) is 0 Å². The van der Waals surface area contributed by atoms with Gasteiger partial charge in [0, 0.05) is 23.7 Å². The van der Waals surface area contributed by atoms with Crippen molar-refractivity contribution in [1.29, 1.82) is 0 Å². The summed E-state index contributed by atoms with van der Waals surface area (Å²) in [7, 11) is 0. The Morgan fingerprint density at radius 2 is 1.92 bits per heavy atom. The number of hydrogen-bond donors (Lipinski definition) is 3. The van der Waals surface area contributed by atoms with Gasteiger partial charge in [0.1, 0.15) is 5.75 Å². The number of carbonyl (C=O) groups excluding carboxylic acids is 1. The van der Waals surface area contributed by atoms with Gasteiger partial charge in [-0.1, -0.05) is 19.9 Å². The molecule has 0 aliphatic heterocycles. The third-order valence-electron chi connectivity index (χ3n) is 4.05. The summed E-state index contributed by atoms with van der Waals surface area (Å²) >= 11 is 0. The van der Waals surface area contributed by atoms with Crippen LogP contribution >= 0.6 is 0 Å². The molecule has 1 amide bonds. The molecule has 0 fully saturated rings. The fourth-order valence-corrected chi connectivity index (χ4v) is 2.80. The number of hydrogen-bond acceptors (Lipinski definition) is 2. The summed E-state index contributed by atoms with van der Waals surface area (Å²) in [6, 6.07) is 8.28. The minimum Gasteiger partial charge on any atom is -0.508 e. The number of fused-ring (bicyclic) bond motifs is 1. The summed E-state index contributed by atoms with van der Waals surface area (Å²) in [4.78, 5) is 15.9. The van der Waals surface area contributed by atoms with Crippen LogP contribution in [0.15, 0.2) is 36.4 Å². The molecule has 0 aliphatic rings. The zero-order valence-electron chi connectivity index (χ0n) is 13.9. The molecular formula is C19H18F2N2O2. The number of nitrogens with one attached hydrogen (secondary N) is 2. The van der Waals surface area contributed by atoms with E-state index in [0.29, 0.717) is 22.0 Å². The van der Waals surface area contributed by atoms with Crippen LogP contribution in [-0.4, -0.2) is 16.0 Å². The van der Waals surface area contributed by atoms with Crippen molar-refractivity contribution in [3.05, 3.63) is 64.9 Å². The molecular weight excluding hydrogens is 326 g/mol. The number of halogens is 2. The van der Waals surface area contributed by atoms with E-state index < -0.39 is 11.6 Å². The van der Waals surface area contributed by atoms with E-state index in [2.05, 4.69) is 10.3 Å². The Balaban J connectivity index is 1.90. The van der Waals surface area contributed by atoms with Crippen molar-refractivity contribution >= 4 is 16.8 Å². The summed E-state index contributed by atoms with van der Waals surface area (Å²) in [6.45, 7) is 3.99. The van der Waals surface area contributed by atoms with E-state index >= 15 is 0 Å². The molecule has 0 spiro atoms. The highest BCUT2D eigenvalue weighted by Gasteiger charge is 2.20. The predicted octanol–water partition coefficient (Wildman–Crippen LogP) is 4.21. The molecule has 0 saturated carbocycles. The lowest BCUT2D eigenvalue weighted by molar-refractivity contribution is 0.0951. The molecule has 1 aromatic heterocycles. The lowest BCUT2D eigenvalue weighted by Crippen LogP contribution is -2.24. The van der Waals surface area contributed by atoms with Crippen LogP contribution in [0, 0.1) is 11.6 Å². The third-order valence-corrected chi connectivity index (χ3v) is 4.05. The molecule has 3 rings (SSSR count). The van der Waals surface area contributed by atoms with Crippen molar-refractivity contribution in [2.75, 3.05) is 0 Å². The Morgan fingerprint density at radius 3 is 2.60 bits per heavy atom. The minimum absolute atomic E-state index is 0.0681. The maximum Gasteiger partial charge on any atom is 0.254 e. The molecule has 2 aromatic carbocycles. The largest absolute Gasteiger partial charge is 0.508 e. The van der Waals surface area contributed by atoms with Crippen LogP contribution in [0.25, 0.3) is 10.9 Å². The molecule has 0 radical (unpaired) electrons. The van der Waals surface area contributed by atoms with E-state index in [1.54, 1.807) is 12.1 Å². The number of benzene rings is 2. The fourth-order valence-electron chi connectivity index (χ4n) is 2.80. The molecule has 6 heteroatoms. The third kappa shape index (κ3) is 3.33. The first-order valence-corrected chi connectivity index (χ1v) is 7.93. The first kappa shape index (κ1) is 17.0. The normalized spacial score (nSPS) is 11.2. The molecule has 1 heterocycles. The van der Waals surface area contributed by atoms with E-state index in [9.17, 15) is 18.7 Å². The minimum atomic E-state index is -0.947. The topological polar surface area (TPSA) is 65.1 Å². The first-order valence-electron chi connectivity index (χ1n) is 7.93. The van der Waals surface area contributed by atoms with E-state index in [1.165, 1.54) is 12.1 Å². The molecule has 0 atom stereocenters. The number of phenols is 1. The molecule has 0 bridgehead atoms. The average Bonchev–Trinajstić information content (AvgIpc) is 2.94. The van der Waals surface area contributed by atoms with Crippen molar-refractivity contribution in [1.82, 2.24) is 10.3 Å². The van der Waals surface area contributed by atoms with Gasteiger partial charge < -0.3 is 15.4 Å². The van der Waals surface area contributed by atoms with Gasteiger partial charge >= 0.3 is 0 Å². The van der Waals surface area contributed by atoms with Gasteiger partial charge in [0.25, 0.3) is 5.91 Å². The Hall–Kier alpha value is -2.89. The van der Waals surface area contributed by atoms with E-state index in [0.717, 1.165) is 17.8 Å². The molecule has 3 aromatic rings. The summed E-state index contributed by atoms with van der Waals surface area (Å²) in [5.41, 5.74) is 2.38. The van der Waals surface area contributed by atoms with Crippen molar-refractivity contribution in [3.63, 3.8) is 0 Å². The van der Waals surface area contributed by atoms with Gasteiger partial charge in [0.05, 0.1) is 11.1 Å². The molecule has 0 saturated heterocycles. The van der Waals surface area contributed by atoms with Crippen molar-refractivity contribution in [2.45, 2.75) is 26.3 Å². The highest BCUT2D eigenvalue weighted by atomic mass is 19.2. The number of phenolic OH excluding ortho intramolecular Hbond substituents is 1. The highest BCUT2D eigenvalue weighted by molar-refractivity contribution is 6.08. The molecule has 0 aliphatic carbocycles. The number of carbonyl (C=O) groups is 1. The standard InChI is InChI=1S/C19H18F2N2O2/c1-10(2)18-17(13-5-4-12(24)8-16(13)23-18)19(25)22-9-11-3-6-14(20)15(21)7-11/h3-8,10,23-24H,9H2,1-2H3,(H,22,25). The second-order valence-electron chi connectivity index (χ2n) is 6.23. The lowest BCUT2D eigenvalue weighted by atomic mass is 10.0. The summed E-state index contributed by atoms with van der Waals surface area (Å²) in [5, 5.41) is 13.1. The molecule has 4 nitrogen and oxygen atoms in total. The maximum absolute atomic E-state index is 13.3. The lowest BCUT2D eigenvalue weighted by Gasteiger charge is -2.09. The maximum atomic E-state index is 13.3. The van der Waals surface area contributed by atoms with E-state index in [-0.39, 0.29) is 24.1 Å². The Morgan fingerprint density at radius 1 is 1.16 bits per heavy atom. The van der Waals surface area contributed by atoms with Gasteiger partial charge in [-0.05, 0) is 35.7 Å². The Labute approximate surface area is 143 Å². The van der Waals surface area contributed by atoms with Crippen molar-refractivity contribution in [3.8, 4) is 5.75 Å². The number of amides is 1. The molecule has 25 heavy (non-hydrogen) atoms. The highest BCUT2D eigenvalue weighted by Crippen LogP contribution is 2.29. The second kappa shape index (κ2) is 6.55. The molecule has 3 N–H and O–H groups in total. The van der Waals surface area contributed by atoms with Crippen LogP contribution in [0.3, 0.4) is 0 Å². The number of aromatic hydroxyl groups is 1. The van der Waals surface area contributed by atoms with Crippen LogP contribution in [0.5, 0.6) is 5.75 Å². The Kier molecular flexibility index (Phi) is 4.44. The molecule has 130 valence electrons. The fraction of sp³-hybridized carbons (Fsp3) is 0.211. The summed E-state index contributed by atoms with van der Waals surface area (Å²) in [6.07, 6.45) is 0. The average molecular weight is 344 g/mol. The van der Waals surface area contributed by atoms with Crippen LogP contribution in [0.2, 0.25) is 0 Å². The quantitative estimate of drug-likeness (QED) is 0.664. The van der Waals surface area contributed by atoms with Crippen LogP contribution < -0.4 is 5.32 Å². The van der Waals surface area contributed by atoms with Gasteiger partial charge in [0.15, 0.2) is 11.6 Å². The van der Waals surface area contributed by atoms with E-state index in [1.807, 2.05) is 13.8 Å². The Bertz CT molecular complexity index is 948. The number of rotatable bonds is 4. The monoisotopic (exact) mass is 344 g/mol. The van der Waals surface area contributed by atoms with Gasteiger partial charge in [-0.2, -0.15) is 0 Å². The second-order valence-corrected chi connectivity index (χ2v) is 6.23. The van der Waals surface area contributed by atoms with Gasteiger partial charge in [-0.25, -0.2) is 8.78 Å². The smallest absolute Gasteiger partial charge is 0.254 e. The number of H-pyrrole nitrogens is 1. The zero-order valence-corrected chi connectivity index (χ0v) is 13.9. The van der Waals surface area contributed by atoms with E-state index in [4.69, 9.17) is 0 Å². The SMILES string of the molecule is CC(C)c1[nH]c2cc(O)ccc2c1C(=O)NCc1ccc(F)c(F)c1. The van der Waals surface area contributed by atoms with Crippen LogP contribution in [0.4, 0.5) is 8.78 Å². The van der Waals surface area contributed by atoms with Crippen molar-refractivity contribution in [2.24, 2.45) is 0 Å². The van der Waals surface area contributed by atoms with Crippen LogP contribution in [0.1, 0.15) is 41.4 Å². The predicted molar refractivity (Wildman–Crippen MR) is 91.6 cm³/mol. The number of aromatic amines is 1. The summed E-state index contributed by atoms with van der Waals surface area (Å²) < 4.78 is 26.3. The number of aromatic nitrogens is 1. The summed E-state index contributed by atoms with van der Waals surface area (Å²) in [5.74, 6) is -2.01. The first-order chi connectivity index (χ1) is 11.9. The van der Waals surface area contributed by atoms with Gasteiger partial charge in [-0.3, -0.25) is 4.79 Å². The zero-order chi connectivity index (χ0) is 18.1. The van der Waals surface area contributed by atoms with Crippen molar-refractivity contribution < 1.29 is 18.7 Å². The van der Waals surface area contributed by atoms with Gasteiger partial charge in [0.2, 0.25) is 0 Å². The molecule has 0 unspecified atom stereocenters. The van der Waals surface area contributed by atoms with Crippen LogP contribution in [-0.2, 0) is 6.54 Å².